The minimum absolute atomic E-state index is 0.0428. The predicted molar refractivity (Wildman–Crippen MR) is 125 cm³/mol. The summed E-state index contributed by atoms with van der Waals surface area (Å²) in [4.78, 5) is 16.9. The Kier molecular flexibility index (Phi) is 5.72. The molecular weight excluding hydrogens is 424 g/mol. The summed E-state index contributed by atoms with van der Waals surface area (Å²) in [5.74, 6) is -0.319. The molecule has 0 saturated heterocycles. The van der Waals surface area contributed by atoms with Crippen molar-refractivity contribution in [3.05, 3.63) is 96.8 Å². The van der Waals surface area contributed by atoms with Crippen molar-refractivity contribution < 1.29 is 13.2 Å². The zero-order chi connectivity index (χ0) is 22.7. The third-order valence-electron chi connectivity index (χ3n) is 4.87. The number of hydrogen-bond acceptors (Lipinski definition) is 5. The third kappa shape index (κ3) is 4.66. The largest absolute Gasteiger partial charge is 0.399 e. The number of carbonyl (C=O) groups is 1. The monoisotopic (exact) mass is 444 g/mol. The van der Waals surface area contributed by atoms with Gasteiger partial charge < -0.3 is 11.1 Å². The van der Waals surface area contributed by atoms with Gasteiger partial charge in [-0.3, -0.25) is 9.78 Å². The quantitative estimate of drug-likeness (QED) is 0.402. The first-order valence-electron chi connectivity index (χ1n) is 9.66. The first kappa shape index (κ1) is 21.2. The number of hydrogen-bond donors (Lipinski definition) is 3. The maximum atomic E-state index is 12.7. The Bertz CT molecular complexity index is 1400. The zero-order valence-corrected chi connectivity index (χ0v) is 17.7. The van der Waals surface area contributed by atoms with E-state index in [1.54, 1.807) is 60.8 Å². The number of primary sulfonamides is 1. The lowest BCUT2D eigenvalue weighted by atomic mass is 10.0. The van der Waals surface area contributed by atoms with Gasteiger partial charge in [0.1, 0.15) is 0 Å². The standard InChI is InChI=1S/C24H20N4O3S/c25-20-5-3-4-17(13-20)18-12-19(15-27-14-18)24(29)28-21-10-8-16(9-11-21)22-6-1-2-7-23(22)32(26,30)31/h1-15H,25H2,(H,28,29)(H2,26,30,31). The van der Waals surface area contributed by atoms with E-state index in [4.69, 9.17) is 10.9 Å². The number of pyridine rings is 1. The highest BCUT2D eigenvalue weighted by Gasteiger charge is 2.15. The lowest BCUT2D eigenvalue weighted by molar-refractivity contribution is 0.102. The second kappa shape index (κ2) is 8.62. The fourth-order valence-corrected chi connectivity index (χ4v) is 4.09. The Morgan fingerprint density at radius 1 is 0.812 bits per heavy atom. The molecule has 1 amide bonds. The number of aromatic nitrogens is 1. The molecule has 8 heteroatoms. The van der Waals surface area contributed by atoms with E-state index < -0.39 is 10.0 Å². The van der Waals surface area contributed by atoms with Gasteiger partial charge in [0.15, 0.2) is 0 Å². The zero-order valence-electron chi connectivity index (χ0n) is 16.9. The van der Waals surface area contributed by atoms with Crippen molar-refractivity contribution >= 4 is 27.3 Å². The number of rotatable bonds is 5. The smallest absolute Gasteiger partial charge is 0.257 e. The second-order valence-electron chi connectivity index (χ2n) is 7.16. The van der Waals surface area contributed by atoms with E-state index in [0.717, 1.165) is 11.1 Å². The minimum Gasteiger partial charge on any atom is -0.399 e. The van der Waals surface area contributed by atoms with Crippen LogP contribution < -0.4 is 16.2 Å². The van der Waals surface area contributed by atoms with Gasteiger partial charge in [-0.05, 0) is 47.5 Å². The summed E-state index contributed by atoms with van der Waals surface area (Å²) < 4.78 is 23.7. The molecule has 0 bridgehead atoms. The third-order valence-corrected chi connectivity index (χ3v) is 5.84. The Hall–Kier alpha value is -4.01. The van der Waals surface area contributed by atoms with Crippen LogP contribution in [0, 0.1) is 0 Å². The van der Waals surface area contributed by atoms with Crippen molar-refractivity contribution in [1.29, 1.82) is 0 Å². The topological polar surface area (TPSA) is 128 Å². The van der Waals surface area contributed by atoms with E-state index in [9.17, 15) is 13.2 Å². The van der Waals surface area contributed by atoms with Crippen LogP contribution in [-0.4, -0.2) is 19.3 Å². The number of nitrogen functional groups attached to an aromatic ring is 1. The van der Waals surface area contributed by atoms with E-state index in [-0.39, 0.29) is 10.8 Å². The number of nitrogens with two attached hydrogens (primary N) is 2. The summed E-state index contributed by atoms with van der Waals surface area (Å²) >= 11 is 0. The van der Waals surface area contributed by atoms with Gasteiger partial charge in [0.25, 0.3) is 5.91 Å². The van der Waals surface area contributed by atoms with Gasteiger partial charge in [-0.25, -0.2) is 13.6 Å². The molecule has 0 aliphatic heterocycles. The van der Waals surface area contributed by atoms with E-state index in [1.165, 1.54) is 12.3 Å². The van der Waals surface area contributed by atoms with Crippen molar-refractivity contribution in [2.24, 2.45) is 5.14 Å². The van der Waals surface area contributed by atoms with E-state index in [0.29, 0.717) is 28.1 Å². The van der Waals surface area contributed by atoms with Gasteiger partial charge in [-0.1, -0.05) is 42.5 Å². The van der Waals surface area contributed by atoms with Gasteiger partial charge in [0, 0.05) is 34.9 Å². The molecule has 7 nitrogen and oxygen atoms in total. The molecule has 4 rings (SSSR count). The van der Waals surface area contributed by atoms with Crippen LogP contribution in [-0.2, 0) is 10.0 Å². The molecule has 0 aliphatic carbocycles. The summed E-state index contributed by atoms with van der Waals surface area (Å²) in [6.45, 7) is 0. The molecule has 0 spiro atoms. The fraction of sp³-hybridized carbons (Fsp3) is 0. The Labute approximate surface area is 185 Å². The summed E-state index contributed by atoms with van der Waals surface area (Å²) in [6, 6.07) is 22.4. The van der Waals surface area contributed by atoms with Crippen molar-refractivity contribution in [1.82, 2.24) is 4.98 Å². The Morgan fingerprint density at radius 2 is 1.56 bits per heavy atom. The van der Waals surface area contributed by atoms with Crippen LogP contribution in [0.25, 0.3) is 22.3 Å². The van der Waals surface area contributed by atoms with Crippen LogP contribution in [0.3, 0.4) is 0 Å². The highest BCUT2D eigenvalue weighted by molar-refractivity contribution is 7.89. The van der Waals surface area contributed by atoms with E-state index >= 15 is 0 Å². The summed E-state index contributed by atoms with van der Waals surface area (Å²) in [6.07, 6.45) is 3.16. The predicted octanol–water partition coefficient (Wildman–Crippen LogP) is 3.90. The molecule has 160 valence electrons. The minimum atomic E-state index is -3.86. The first-order chi connectivity index (χ1) is 15.3. The maximum Gasteiger partial charge on any atom is 0.257 e. The maximum absolute atomic E-state index is 12.7. The highest BCUT2D eigenvalue weighted by atomic mass is 32.2. The molecule has 0 atom stereocenters. The molecule has 4 aromatic rings. The molecular formula is C24H20N4O3S. The Morgan fingerprint density at radius 3 is 2.28 bits per heavy atom. The molecule has 0 saturated carbocycles. The summed E-state index contributed by atoms with van der Waals surface area (Å²) in [5, 5.41) is 8.15. The molecule has 3 aromatic carbocycles. The fourth-order valence-electron chi connectivity index (χ4n) is 3.33. The number of carbonyl (C=O) groups excluding carboxylic acids is 1. The summed E-state index contributed by atoms with van der Waals surface area (Å²) in [5.41, 5.74) is 10.2. The van der Waals surface area contributed by atoms with Crippen molar-refractivity contribution in [3.8, 4) is 22.3 Å². The number of sulfonamides is 1. The summed E-state index contributed by atoms with van der Waals surface area (Å²) in [7, 11) is -3.86. The van der Waals surface area contributed by atoms with Gasteiger partial charge in [-0.15, -0.1) is 0 Å². The van der Waals surface area contributed by atoms with Crippen LogP contribution in [0.2, 0.25) is 0 Å². The number of nitrogens with one attached hydrogen (secondary N) is 1. The highest BCUT2D eigenvalue weighted by Crippen LogP contribution is 2.28. The van der Waals surface area contributed by atoms with Gasteiger partial charge >= 0.3 is 0 Å². The number of nitrogens with zero attached hydrogens (tertiary/aromatic N) is 1. The first-order valence-corrected chi connectivity index (χ1v) is 11.2. The number of benzene rings is 3. The molecule has 0 radical (unpaired) electrons. The van der Waals surface area contributed by atoms with Crippen LogP contribution >= 0.6 is 0 Å². The lowest BCUT2D eigenvalue weighted by Gasteiger charge is -2.10. The molecule has 32 heavy (non-hydrogen) atoms. The lowest BCUT2D eigenvalue weighted by Crippen LogP contribution is -2.13. The average Bonchev–Trinajstić information content (AvgIpc) is 2.79. The van der Waals surface area contributed by atoms with Crippen LogP contribution in [0.15, 0.2) is 96.2 Å². The van der Waals surface area contributed by atoms with Crippen molar-refractivity contribution in [3.63, 3.8) is 0 Å². The number of anilines is 2. The van der Waals surface area contributed by atoms with Crippen LogP contribution in [0.5, 0.6) is 0 Å². The molecule has 1 heterocycles. The van der Waals surface area contributed by atoms with Crippen molar-refractivity contribution in [2.75, 3.05) is 11.1 Å². The van der Waals surface area contributed by atoms with Gasteiger partial charge in [0.2, 0.25) is 10.0 Å². The molecule has 5 N–H and O–H groups in total. The molecule has 0 unspecified atom stereocenters. The van der Waals surface area contributed by atoms with Crippen molar-refractivity contribution in [2.45, 2.75) is 4.90 Å². The van der Waals surface area contributed by atoms with Crippen LogP contribution in [0.4, 0.5) is 11.4 Å². The van der Waals surface area contributed by atoms with E-state index in [1.807, 2.05) is 18.2 Å². The SMILES string of the molecule is Nc1cccc(-c2cncc(C(=O)Nc3ccc(-c4ccccc4S(N)(=O)=O)cc3)c2)c1. The van der Waals surface area contributed by atoms with Gasteiger partial charge in [-0.2, -0.15) is 0 Å². The number of amides is 1. The normalized spacial score (nSPS) is 11.2. The van der Waals surface area contributed by atoms with E-state index in [2.05, 4.69) is 10.3 Å². The van der Waals surface area contributed by atoms with Gasteiger partial charge in [0.05, 0.1) is 10.5 Å². The Balaban J connectivity index is 1.55. The average molecular weight is 445 g/mol. The molecule has 0 aliphatic rings. The second-order valence-corrected chi connectivity index (χ2v) is 8.69. The molecule has 0 fully saturated rings. The van der Waals surface area contributed by atoms with Crippen LogP contribution in [0.1, 0.15) is 10.4 Å². The molecule has 1 aromatic heterocycles.